The number of nitrogens with one attached hydrogen (secondary N) is 1. The fourth-order valence-corrected chi connectivity index (χ4v) is 1.44. The van der Waals surface area contributed by atoms with Gasteiger partial charge in [-0.3, -0.25) is 4.79 Å². The highest BCUT2D eigenvalue weighted by molar-refractivity contribution is 7.82. The van der Waals surface area contributed by atoms with Gasteiger partial charge in [0, 0.05) is 18.8 Å². The third-order valence-corrected chi connectivity index (χ3v) is 4.00. The van der Waals surface area contributed by atoms with Gasteiger partial charge in [0.1, 0.15) is 4.75 Å². The molecule has 5 nitrogen and oxygen atoms in total. The Morgan fingerprint density at radius 2 is 1.80 bits per heavy atom. The summed E-state index contributed by atoms with van der Waals surface area (Å²) in [4.78, 5) is 12.3. The average molecular weight is 306 g/mol. The summed E-state index contributed by atoms with van der Waals surface area (Å²) >= 11 is 4.42. The van der Waals surface area contributed by atoms with E-state index in [1.54, 1.807) is 20.8 Å². The van der Waals surface area contributed by atoms with Gasteiger partial charge in [-0.15, -0.1) is 0 Å². The highest BCUT2D eigenvalue weighted by Gasteiger charge is 2.42. The van der Waals surface area contributed by atoms with E-state index in [4.69, 9.17) is 15.2 Å². The van der Waals surface area contributed by atoms with E-state index in [0.717, 1.165) is 6.42 Å². The smallest absolute Gasteiger partial charge is 0.237 e. The van der Waals surface area contributed by atoms with Crippen LogP contribution >= 0.6 is 12.6 Å². The maximum atomic E-state index is 12.3. The van der Waals surface area contributed by atoms with Crippen LogP contribution in [0.3, 0.4) is 0 Å². The molecule has 120 valence electrons. The zero-order chi connectivity index (χ0) is 15.8. The summed E-state index contributed by atoms with van der Waals surface area (Å²) in [6.45, 7) is 11.3. The first-order valence-corrected chi connectivity index (χ1v) is 7.59. The van der Waals surface area contributed by atoms with E-state index in [2.05, 4.69) is 17.9 Å². The monoisotopic (exact) mass is 306 g/mol. The third kappa shape index (κ3) is 6.43. The number of amides is 1. The van der Waals surface area contributed by atoms with Crippen molar-refractivity contribution < 1.29 is 14.3 Å². The van der Waals surface area contributed by atoms with Crippen LogP contribution in [0.4, 0.5) is 0 Å². The van der Waals surface area contributed by atoms with Crippen molar-refractivity contribution in [3.05, 3.63) is 0 Å². The maximum absolute atomic E-state index is 12.3. The summed E-state index contributed by atoms with van der Waals surface area (Å²) in [7, 11) is 0. The Morgan fingerprint density at radius 1 is 1.25 bits per heavy atom. The van der Waals surface area contributed by atoms with E-state index in [9.17, 15) is 4.79 Å². The van der Waals surface area contributed by atoms with Crippen molar-refractivity contribution in [1.82, 2.24) is 5.32 Å². The van der Waals surface area contributed by atoms with Gasteiger partial charge in [-0.2, -0.15) is 12.6 Å². The van der Waals surface area contributed by atoms with E-state index in [-0.39, 0.29) is 11.9 Å². The molecule has 0 radical (unpaired) electrons. The average Bonchev–Trinajstić information content (AvgIpc) is 2.34. The molecule has 0 heterocycles. The molecule has 2 atom stereocenters. The van der Waals surface area contributed by atoms with Gasteiger partial charge in [0.25, 0.3) is 0 Å². The van der Waals surface area contributed by atoms with Gasteiger partial charge < -0.3 is 20.5 Å². The summed E-state index contributed by atoms with van der Waals surface area (Å²) in [5.74, 6) is -0.210. The minimum Gasteiger partial charge on any atom is -0.380 e. The van der Waals surface area contributed by atoms with E-state index in [1.165, 1.54) is 0 Å². The summed E-state index contributed by atoms with van der Waals surface area (Å²) < 4.78 is 9.89. The Bertz CT molecular complexity index is 291. The fourth-order valence-electron chi connectivity index (χ4n) is 1.38. The lowest BCUT2D eigenvalue weighted by molar-refractivity contribution is -0.126. The number of carbonyl (C=O) groups excluding carboxylic acids is 1. The van der Waals surface area contributed by atoms with E-state index in [0.29, 0.717) is 26.4 Å². The molecular formula is C14H30N2O3S. The minimum absolute atomic E-state index is 0.192. The highest BCUT2D eigenvalue weighted by Crippen LogP contribution is 2.26. The molecule has 20 heavy (non-hydrogen) atoms. The quantitative estimate of drug-likeness (QED) is 0.421. The first kappa shape index (κ1) is 19.7. The molecule has 0 aliphatic heterocycles. The van der Waals surface area contributed by atoms with Crippen LogP contribution in [0.15, 0.2) is 0 Å². The lowest BCUT2D eigenvalue weighted by atomic mass is 9.88. The van der Waals surface area contributed by atoms with Crippen LogP contribution in [-0.4, -0.2) is 48.7 Å². The van der Waals surface area contributed by atoms with Crippen LogP contribution in [0.2, 0.25) is 0 Å². The molecule has 0 aromatic rings. The van der Waals surface area contributed by atoms with Gasteiger partial charge in [0.2, 0.25) is 5.91 Å². The van der Waals surface area contributed by atoms with Crippen molar-refractivity contribution in [2.24, 2.45) is 5.73 Å². The molecule has 0 saturated carbocycles. The lowest BCUT2D eigenvalue weighted by Gasteiger charge is -2.37. The molecule has 0 aromatic carbocycles. The summed E-state index contributed by atoms with van der Waals surface area (Å²) in [5, 5.41) is 2.91. The van der Waals surface area contributed by atoms with Crippen LogP contribution < -0.4 is 11.1 Å². The molecule has 0 spiro atoms. The van der Waals surface area contributed by atoms with Gasteiger partial charge in [-0.05, 0) is 34.1 Å². The van der Waals surface area contributed by atoms with Crippen molar-refractivity contribution >= 4 is 18.5 Å². The van der Waals surface area contributed by atoms with Crippen molar-refractivity contribution in [2.45, 2.75) is 57.4 Å². The Hall–Kier alpha value is -0.300. The van der Waals surface area contributed by atoms with Gasteiger partial charge in [-0.25, -0.2) is 0 Å². The van der Waals surface area contributed by atoms with E-state index >= 15 is 0 Å². The van der Waals surface area contributed by atoms with Gasteiger partial charge in [-0.1, -0.05) is 6.92 Å². The second-order valence-corrected chi connectivity index (χ2v) is 6.59. The van der Waals surface area contributed by atoms with Crippen molar-refractivity contribution in [2.75, 3.05) is 26.4 Å². The first-order valence-electron chi connectivity index (χ1n) is 7.14. The Kier molecular flexibility index (Phi) is 8.74. The second-order valence-electron chi connectivity index (χ2n) is 5.70. The fraction of sp³-hybridized carbons (Fsp3) is 0.929. The molecule has 0 rings (SSSR count). The summed E-state index contributed by atoms with van der Waals surface area (Å²) in [5.41, 5.74) is 5.28. The normalized spacial score (nSPS) is 16.6. The lowest BCUT2D eigenvalue weighted by Crippen LogP contribution is -2.61. The zero-order valence-electron chi connectivity index (χ0n) is 13.4. The molecule has 6 heteroatoms. The number of rotatable bonds is 10. The van der Waals surface area contributed by atoms with Gasteiger partial charge in [0.15, 0.2) is 0 Å². The van der Waals surface area contributed by atoms with Crippen LogP contribution in [0.5, 0.6) is 0 Å². The topological polar surface area (TPSA) is 73.6 Å². The van der Waals surface area contributed by atoms with Crippen LogP contribution in [0.25, 0.3) is 0 Å². The standard InChI is InChI=1S/C14H30N2O3S/c1-6-8-19-10-11(9-18-7-2)16-12(17)14(5,20)13(3,4)15/h11,20H,6-10,15H2,1-5H3,(H,16,17). The Morgan fingerprint density at radius 3 is 2.25 bits per heavy atom. The predicted molar refractivity (Wildman–Crippen MR) is 85.2 cm³/mol. The third-order valence-electron chi connectivity index (χ3n) is 3.22. The highest BCUT2D eigenvalue weighted by atomic mass is 32.1. The molecule has 3 N–H and O–H groups in total. The molecule has 0 fully saturated rings. The van der Waals surface area contributed by atoms with E-state index in [1.807, 2.05) is 13.8 Å². The molecular weight excluding hydrogens is 276 g/mol. The van der Waals surface area contributed by atoms with Crippen LogP contribution in [0, 0.1) is 0 Å². The summed E-state index contributed by atoms with van der Waals surface area (Å²) in [6, 6.07) is -0.192. The minimum atomic E-state index is -0.970. The number of hydrogen-bond acceptors (Lipinski definition) is 5. The molecule has 0 aliphatic carbocycles. The van der Waals surface area contributed by atoms with Crippen LogP contribution in [0.1, 0.15) is 41.0 Å². The Labute approximate surface area is 128 Å². The number of thiol groups is 1. The predicted octanol–water partition coefficient (Wildman–Crippen LogP) is 1.36. The van der Waals surface area contributed by atoms with Crippen LogP contribution in [-0.2, 0) is 14.3 Å². The number of ether oxygens (including phenoxy) is 2. The molecule has 0 aromatic heterocycles. The molecule has 1 amide bonds. The summed E-state index contributed by atoms with van der Waals surface area (Å²) in [6.07, 6.45) is 0.940. The van der Waals surface area contributed by atoms with Crippen molar-refractivity contribution in [1.29, 1.82) is 0 Å². The zero-order valence-corrected chi connectivity index (χ0v) is 14.3. The second kappa shape index (κ2) is 8.87. The molecule has 0 bridgehead atoms. The molecule has 0 aliphatic rings. The number of carbonyl (C=O) groups is 1. The maximum Gasteiger partial charge on any atom is 0.237 e. The molecule has 0 saturated heterocycles. The largest absolute Gasteiger partial charge is 0.380 e. The van der Waals surface area contributed by atoms with Crippen molar-refractivity contribution in [3.63, 3.8) is 0 Å². The number of hydrogen-bond donors (Lipinski definition) is 3. The first-order chi connectivity index (χ1) is 9.16. The van der Waals surface area contributed by atoms with Gasteiger partial charge >= 0.3 is 0 Å². The van der Waals surface area contributed by atoms with E-state index < -0.39 is 10.3 Å². The number of nitrogens with two attached hydrogens (primary N) is 1. The van der Waals surface area contributed by atoms with Gasteiger partial charge in [0.05, 0.1) is 19.3 Å². The Balaban J connectivity index is 4.58. The van der Waals surface area contributed by atoms with Crippen molar-refractivity contribution in [3.8, 4) is 0 Å². The molecule has 2 unspecified atom stereocenters. The SMILES string of the molecule is CCCOCC(COCC)NC(=O)C(C)(S)C(C)(C)N.